The number of aliphatic hydroxyl groups is 3. The van der Waals surface area contributed by atoms with E-state index >= 15 is 0 Å². The number of ketones is 2. The van der Waals surface area contributed by atoms with Gasteiger partial charge in [-0.2, -0.15) is 0 Å². The van der Waals surface area contributed by atoms with Gasteiger partial charge in [-0.1, -0.05) is 0 Å². The van der Waals surface area contributed by atoms with Gasteiger partial charge in [-0.25, -0.2) is 0 Å². The van der Waals surface area contributed by atoms with Gasteiger partial charge < -0.3 is 36.0 Å². The summed E-state index contributed by atoms with van der Waals surface area (Å²) in [5.41, 5.74) is 3.90. The van der Waals surface area contributed by atoms with Crippen molar-refractivity contribution in [2.24, 2.45) is 17.6 Å². The Kier molecular flexibility index (Phi) is 6.42. The monoisotopic (exact) mass is 540 g/mol. The SMILES string of the molecule is CN(C)c1cc(N2CCCCC2)c(O)c2c1CC1CC3C(N(C)C)C(=O)C(C(N)=O)=C(O)C3(O)C(=O)C1=C2O. The molecule has 1 saturated heterocycles. The number of fused-ring (bicyclic) bond motifs is 3. The number of primary amides is 1. The summed E-state index contributed by atoms with van der Waals surface area (Å²) in [4.78, 5) is 44.9. The molecule has 1 aromatic rings. The summed E-state index contributed by atoms with van der Waals surface area (Å²) < 4.78 is 0. The fourth-order valence-electron chi connectivity index (χ4n) is 7.05. The van der Waals surface area contributed by atoms with E-state index in [-0.39, 0.29) is 29.7 Å². The molecular weight excluding hydrogens is 504 g/mol. The summed E-state index contributed by atoms with van der Waals surface area (Å²) in [5.74, 6) is -6.42. The quantitative estimate of drug-likeness (QED) is 0.348. The molecule has 11 heteroatoms. The number of hydrogen-bond donors (Lipinski definition) is 5. The molecule has 39 heavy (non-hydrogen) atoms. The van der Waals surface area contributed by atoms with Crippen LogP contribution in [-0.2, 0) is 20.8 Å². The molecule has 4 unspecified atom stereocenters. The first kappa shape index (κ1) is 27.0. The van der Waals surface area contributed by atoms with E-state index in [0.717, 1.165) is 38.0 Å². The average Bonchev–Trinajstić information content (AvgIpc) is 2.86. The molecule has 1 aromatic carbocycles. The summed E-state index contributed by atoms with van der Waals surface area (Å²) >= 11 is 0. The minimum atomic E-state index is -2.64. The Labute approximate surface area is 226 Å². The van der Waals surface area contributed by atoms with Gasteiger partial charge in [0.05, 0.1) is 17.3 Å². The first-order valence-electron chi connectivity index (χ1n) is 13.3. The zero-order valence-electron chi connectivity index (χ0n) is 22.7. The molecule has 4 aliphatic rings. The largest absolute Gasteiger partial charge is 0.508 e. The molecule has 0 spiro atoms. The Morgan fingerprint density at radius 2 is 1.72 bits per heavy atom. The van der Waals surface area contributed by atoms with E-state index in [2.05, 4.69) is 4.90 Å². The molecule has 0 radical (unpaired) electrons. The molecular formula is C28H36N4O7. The third-order valence-corrected chi connectivity index (χ3v) is 8.86. The molecule has 4 atom stereocenters. The molecule has 1 heterocycles. The number of nitrogens with two attached hydrogens (primary N) is 1. The number of anilines is 2. The summed E-state index contributed by atoms with van der Waals surface area (Å²) in [6, 6.07) is 0.796. The van der Waals surface area contributed by atoms with E-state index in [0.29, 0.717) is 11.3 Å². The van der Waals surface area contributed by atoms with Crippen molar-refractivity contribution in [3.05, 3.63) is 34.1 Å². The second-order valence-corrected chi connectivity index (χ2v) is 11.5. The normalized spacial score (nSPS) is 28.9. The predicted molar refractivity (Wildman–Crippen MR) is 145 cm³/mol. The molecule has 6 N–H and O–H groups in total. The number of carbonyl (C=O) groups is 3. The zero-order chi connectivity index (χ0) is 28.5. The fraction of sp³-hybridized carbons (Fsp3) is 0.536. The third kappa shape index (κ3) is 3.74. The Morgan fingerprint density at radius 1 is 1.08 bits per heavy atom. The number of nitrogens with zero attached hydrogens (tertiary/aromatic N) is 3. The minimum Gasteiger partial charge on any atom is -0.508 e. The maximum atomic E-state index is 14.1. The minimum absolute atomic E-state index is 0.0628. The van der Waals surface area contributed by atoms with Crippen molar-refractivity contribution in [2.45, 2.75) is 43.7 Å². The number of hydrogen-bond acceptors (Lipinski definition) is 10. The van der Waals surface area contributed by atoms with Crippen LogP contribution in [0.5, 0.6) is 5.75 Å². The first-order valence-corrected chi connectivity index (χ1v) is 13.3. The summed E-state index contributed by atoms with van der Waals surface area (Å²) in [6.45, 7) is 1.49. The highest BCUT2D eigenvalue weighted by atomic mass is 16.3. The molecule has 5 rings (SSSR count). The lowest BCUT2D eigenvalue weighted by Crippen LogP contribution is -2.65. The molecule has 1 saturated carbocycles. The van der Waals surface area contributed by atoms with Gasteiger partial charge in [-0.15, -0.1) is 0 Å². The molecule has 2 fully saturated rings. The number of Topliss-reactive ketones (excluding diaryl/α,β-unsaturated/α-hetero) is 2. The van der Waals surface area contributed by atoms with Crippen molar-refractivity contribution in [3.8, 4) is 5.75 Å². The maximum Gasteiger partial charge on any atom is 0.255 e. The lowest BCUT2D eigenvalue weighted by molar-refractivity contribution is -0.153. The molecule has 3 aliphatic carbocycles. The number of rotatable bonds is 4. The van der Waals surface area contributed by atoms with Crippen LogP contribution in [0.15, 0.2) is 23.0 Å². The second-order valence-electron chi connectivity index (χ2n) is 11.5. The van der Waals surface area contributed by atoms with Crippen LogP contribution < -0.4 is 15.5 Å². The fourth-order valence-corrected chi connectivity index (χ4v) is 7.05. The molecule has 0 aromatic heterocycles. The topological polar surface area (TPSA) is 168 Å². The highest BCUT2D eigenvalue weighted by Gasteiger charge is 2.64. The molecule has 11 nitrogen and oxygen atoms in total. The Balaban J connectivity index is 1.74. The number of aliphatic hydroxyl groups excluding tert-OH is 2. The summed E-state index contributed by atoms with van der Waals surface area (Å²) in [7, 11) is 6.89. The number of benzene rings is 1. The van der Waals surface area contributed by atoms with Gasteiger partial charge in [0.2, 0.25) is 5.78 Å². The average molecular weight is 541 g/mol. The standard InChI is InChI=1S/C28H36N4O7/c1-30(2)16-12-17(32-8-6-5-7-9-32)22(33)19-14(16)10-13-11-15-21(31(3)4)24(35)20(27(29)38)26(37)28(15,39)25(36)18(13)23(19)34/h12-13,15,21,33-34,37,39H,5-11H2,1-4H3,(H2,29,38). The van der Waals surface area contributed by atoms with Crippen LogP contribution in [0.25, 0.3) is 5.76 Å². The number of aromatic hydroxyl groups is 1. The Hall–Kier alpha value is -3.57. The van der Waals surface area contributed by atoms with Gasteiger partial charge in [-0.05, 0) is 63.7 Å². The van der Waals surface area contributed by atoms with Gasteiger partial charge >= 0.3 is 0 Å². The number of carbonyl (C=O) groups excluding carboxylic acids is 3. The van der Waals surface area contributed by atoms with Gasteiger partial charge in [0, 0.05) is 44.4 Å². The van der Waals surface area contributed by atoms with Crippen molar-refractivity contribution in [1.29, 1.82) is 0 Å². The molecule has 1 amide bonds. The van der Waals surface area contributed by atoms with Crippen molar-refractivity contribution in [3.63, 3.8) is 0 Å². The first-order chi connectivity index (χ1) is 18.3. The van der Waals surface area contributed by atoms with Gasteiger partial charge in [0.1, 0.15) is 22.8 Å². The lowest BCUT2D eigenvalue weighted by Gasteiger charge is -2.50. The summed E-state index contributed by atoms with van der Waals surface area (Å²) in [6.07, 6.45) is 3.35. The molecule has 0 bridgehead atoms. The lowest BCUT2D eigenvalue weighted by atomic mass is 9.57. The van der Waals surface area contributed by atoms with Gasteiger partial charge in [0.25, 0.3) is 5.91 Å². The number of piperidine rings is 1. The van der Waals surface area contributed by atoms with Gasteiger partial charge in [0.15, 0.2) is 11.4 Å². The van der Waals surface area contributed by atoms with Gasteiger partial charge in [-0.3, -0.25) is 19.3 Å². The zero-order valence-corrected chi connectivity index (χ0v) is 22.7. The van der Waals surface area contributed by atoms with Crippen LogP contribution in [-0.4, -0.2) is 95.7 Å². The van der Waals surface area contributed by atoms with E-state index in [4.69, 9.17) is 5.73 Å². The van der Waals surface area contributed by atoms with Crippen molar-refractivity contribution >= 4 is 34.6 Å². The van der Waals surface area contributed by atoms with Crippen molar-refractivity contribution < 1.29 is 34.8 Å². The Bertz CT molecular complexity index is 1340. The number of amides is 1. The van der Waals surface area contributed by atoms with Crippen LogP contribution in [0, 0.1) is 11.8 Å². The van der Waals surface area contributed by atoms with Crippen molar-refractivity contribution in [1.82, 2.24) is 4.90 Å². The second kappa shape index (κ2) is 9.27. The molecule has 1 aliphatic heterocycles. The number of phenolic OH excluding ortho intramolecular Hbond substituents is 1. The van der Waals surface area contributed by atoms with Crippen LogP contribution in [0.1, 0.15) is 36.8 Å². The van der Waals surface area contributed by atoms with E-state index in [1.54, 1.807) is 14.1 Å². The van der Waals surface area contributed by atoms with E-state index in [9.17, 15) is 34.8 Å². The summed E-state index contributed by atoms with van der Waals surface area (Å²) in [5, 5.41) is 45.9. The van der Waals surface area contributed by atoms with E-state index < -0.39 is 58.0 Å². The predicted octanol–water partition coefficient (Wildman–Crippen LogP) is 1.02. The van der Waals surface area contributed by atoms with Crippen LogP contribution in [0.2, 0.25) is 0 Å². The molecule has 210 valence electrons. The van der Waals surface area contributed by atoms with E-state index in [1.807, 2.05) is 25.1 Å². The smallest absolute Gasteiger partial charge is 0.255 e. The highest BCUT2D eigenvalue weighted by molar-refractivity contribution is 6.24. The number of likely N-dealkylation sites (N-methyl/N-ethyl adjacent to an activating group) is 1. The van der Waals surface area contributed by atoms with Crippen LogP contribution >= 0.6 is 0 Å². The maximum absolute atomic E-state index is 14.1. The van der Waals surface area contributed by atoms with Crippen LogP contribution in [0.4, 0.5) is 11.4 Å². The highest BCUT2D eigenvalue weighted by Crippen LogP contribution is 2.55. The third-order valence-electron chi connectivity index (χ3n) is 8.86. The number of phenols is 1. The van der Waals surface area contributed by atoms with E-state index in [1.165, 1.54) is 4.90 Å². The van der Waals surface area contributed by atoms with Crippen LogP contribution in [0.3, 0.4) is 0 Å². The van der Waals surface area contributed by atoms with Crippen molar-refractivity contribution in [2.75, 3.05) is 51.1 Å². The Morgan fingerprint density at radius 3 is 2.28 bits per heavy atom.